The molecule has 2 aliphatic carbocycles. The largest absolute Gasteiger partial charge is 0.325 e. The van der Waals surface area contributed by atoms with Crippen LogP contribution in [0.25, 0.3) is 11.8 Å². The number of aryl methyl sites for hydroxylation is 1. The molecule has 0 saturated heterocycles. The van der Waals surface area contributed by atoms with E-state index >= 15 is 0 Å². The highest BCUT2D eigenvalue weighted by molar-refractivity contribution is 5.54. The second-order valence-electron chi connectivity index (χ2n) is 5.21. The summed E-state index contributed by atoms with van der Waals surface area (Å²) >= 11 is 0. The Bertz CT molecular complexity index is 574. The lowest BCUT2D eigenvalue weighted by molar-refractivity contribution is 0.114. The summed E-state index contributed by atoms with van der Waals surface area (Å²) in [4.78, 5) is 0. The van der Waals surface area contributed by atoms with Crippen molar-refractivity contribution in [3.05, 3.63) is 22.3 Å². The number of aromatic nitrogens is 2. The molecule has 0 radical (unpaired) electrons. The fraction of sp³-hybridized carbons (Fsp3) is 0.538. The first kappa shape index (κ1) is 9.59. The predicted octanol–water partition coefficient (Wildman–Crippen LogP) is -0.316. The van der Waals surface area contributed by atoms with Crippen LogP contribution in [0, 0.1) is 0 Å². The van der Waals surface area contributed by atoms with Crippen molar-refractivity contribution in [2.75, 3.05) is 6.54 Å². The van der Waals surface area contributed by atoms with Crippen molar-refractivity contribution in [1.82, 2.24) is 20.6 Å². The highest BCUT2D eigenvalue weighted by atomic mass is 15.5. The first-order valence-corrected chi connectivity index (χ1v) is 6.47. The summed E-state index contributed by atoms with van der Waals surface area (Å²) < 4.78 is 0. The maximum absolute atomic E-state index is 4.26. The van der Waals surface area contributed by atoms with Crippen LogP contribution in [0.5, 0.6) is 0 Å². The lowest BCUT2D eigenvalue weighted by atomic mass is 9.92. The molecule has 0 unspecified atom stereocenters. The summed E-state index contributed by atoms with van der Waals surface area (Å²) in [6, 6.07) is 0.720. The van der Waals surface area contributed by atoms with Gasteiger partial charge in [-0.05, 0) is 31.3 Å². The zero-order chi connectivity index (χ0) is 11.2. The Labute approximate surface area is 100 Å². The highest BCUT2D eigenvalue weighted by Crippen LogP contribution is 2.25. The fourth-order valence-electron chi connectivity index (χ4n) is 3.02. The van der Waals surface area contributed by atoms with E-state index in [2.05, 4.69) is 26.8 Å². The van der Waals surface area contributed by atoms with E-state index < -0.39 is 0 Å². The number of hydrogen-bond acceptors (Lipinski definition) is 4. The SMILES string of the molecule is C1=c2cnnc3c2=C(CC3)CN(C2CCC2)N1. The summed E-state index contributed by atoms with van der Waals surface area (Å²) in [7, 11) is 0. The molecule has 0 amide bonds. The van der Waals surface area contributed by atoms with Crippen LogP contribution < -0.4 is 15.9 Å². The van der Waals surface area contributed by atoms with Gasteiger partial charge in [-0.15, -0.1) is 0 Å². The molecule has 0 bridgehead atoms. The second kappa shape index (κ2) is 3.53. The fourth-order valence-corrected chi connectivity index (χ4v) is 3.02. The molecule has 0 spiro atoms. The lowest BCUT2D eigenvalue weighted by Crippen LogP contribution is -2.47. The average molecular weight is 228 g/mol. The zero-order valence-corrected chi connectivity index (χ0v) is 9.82. The smallest absolute Gasteiger partial charge is 0.0713 e. The van der Waals surface area contributed by atoms with Crippen LogP contribution >= 0.6 is 0 Å². The van der Waals surface area contributed by atoms with Gasteiger partial charge in [0, 0.05) is 29.2 Å². The Morgan fingerprint density at radius 2 is 2.24 bits per heavy atom. The third-order valence-corrected chi connectivity index (χ3v) is 4.23. The summed E-state index contributed by atoms with van der Waals surface area (Å²) in [6.45, 7) is 1.05. The van der Waals surface area contributed by atoms with E-state index in [4.69, 9.17) is 0 Å². The van der Waals surface area contributed by atoms with Gasteiger partial charge in [0.25, 0.3) is 0 Å². The van der Waals surface area contributed by atoms with E-state index in [1.165, 1.54) is 41.0 Å². The number of rotatable bonds is 1. The van der Waals surface area contributed by atoms with Gasteiger partial charge in [0.15, 0.2) is 0 Å². The molecule has 1 saturated carbocycles. The van der Waals surface area contributed by atoms with Gasteiger partial charge in [0.1, 0.15) is 0 Å². The minimum absolute atomic E-state index is 0.720. The van der Waals surface area contributed by atoms with Gasteiger partial charge in [-0.1, -0.05) is 6.42 Å². The molecular weight excluding hydrogens is 212 g/mol. The van der Waals surface area contributed by atoms with Crippen LogP contribution in [0.15, 0.2) is 6.20 Å². The summed E-state index contributed by atoms with van der Waals surface area (Å²) in [5, 5.41) is 13.3. The van der Waals surface area contributed by atoms with E-state index in [1.54, 1.807) is 0 Å². The number of nitrogens with zero attached hydrogens (tertiary/aromatic N) is 3. The minimum Gasteiger partial charge on any atom is -0.325 e. The molecule has 2 heterocycles. The van der Waals surface area contributed by atoms with Crippen LogP contribution in [0.3, 0.4) is 0 Å². The number of hydrogen-bond donors (Lipinski definition) is 1. The van der Waals surface area contributed by atoms with Crippen molar-refractivity contribution in [2.45, 2.75) is 38.1 Å². The topological polar surface area (TPSA) is 41.1 Å². The molecule has 4 nitrogen and oxygen atoms in total. The first-order valence-electron chi connectivity index (χ1n) is 6.47. The third-order valence-electron chi connectivity index (χ3n) is 4.23. The number of hydrazine groups is 1. The first-order chi connectivity index (χ1) is 8.42. The molecule has 1 N–H and O–H groups in total. The molecule has 3 aliphatic rings. The maximum atomic E-state index is 4.26. The van der Waals surface area contributed by atoms with Crippen LogP contribution in [-0.2, 0) is 6.42 Å². The van der Waals surface area contributed by atoms with Crippen LogP contribution in [0.1, 0.15) is 31.4 Å². The maximum Gasteiger partial charge on any atom is 0.0713 e. The van der Waals surface area contributed by atoms with Crippen molar-refractivity contribution in [3.63, 3.8) is 0 Å². The quantitative estimate of drug-likeness (QED) is 0.715. The Morgan fingerprint density at radius 3 is 3.06 bits per heavy atom. The van der Waals surface area contributed by atoms with E-state index in [9.17, 15) is 0 Å². The van der Waals surface area contributed by atoms with Crippen molar-refractivity contribution >= 4 is 11.8 Å². The molecule has 0 aromatic carbocycles. The highest BCUT2D eigenvalue weighted by Gasteiger charge is 2.27. The van der Waals surface area contributed by atoms with E-state index in [0.717, 1.165) is 25.4 Å². The Kier molecular flexibility index (Phi) is 1.99. The molecule has 0 atom stereocenters. The van der Waals surface area contributed by atoms with Crippen molar-refractivity contribution in [2.24, 2.45) is 0 Å². The van der Waals surface area contributed by atoms with Gasteiger partial charge < -0.3 is 5.43 Å². The van der Waals surface area contributed by atoms with Gasteiger partial charge in [0.05, 0.1) is 11.9 Å². The van der Waals surface area contributed by atoms with E-state index in [1.807, 2.05) is 6.20 Å². The summed E-state index contributed by atoms with van der Waals surface area (Å²) in [5.74, 6) is 0. The monoisotopic (exact) mass is 228 g/mol. The Balaban J connectivity index is 1.82. The summed E-state index contributed by atoms with van der Waals surface area (Å²) in [5.41, 5.74) is 6.18. The van der Waals surface area contributed by atoms with Crippen molar-refractivity contribution in [3.8, 4) is 0 Å². The van der Waals surface area contributed by atoms with Crippen LogP contribution in [0.4, 0.5) is 0 Å². The van der Waals surface area contributed by atoms with E-state index in [0.29, 0.717) is 0 Å². The van der Waals surface area contributed by atoms with Gasteiger partial charge in [0.2, 0.25) is 0 Å². The van der Waals surface area contributed by atoms with Gasteiger partial charge in [-0.2, -0.15) is 10.2 Å². The molecule has 4 heteroatoms. The molecule has 1 aromatic rings. The lowest BCUT2D eigenvalue weighted by Gasteiger charge is -2.37. The van der Waals surface area contributed by atoms with E-state index in [-0.39, 0.29) is 0 Å². The molecule has 4 rings (SSSR count). The van der Waals surface area contributed by atoms with Gasteiger partial charge in [-0.25, -0.2) is 5.01 Å². The molecular formula is C13H16N4. The van der Waals surface area contributed by atoms with Crippen molar-refractivity contribution in [1.29, 1.82) is 0 Å². The molecule has 88 valence electrons. The normalized spacial score (nSPS) is 23.4. The summed E-state index contributed by atoms with van der Waals surface area (Å²) in [6.07, 6.45) is 10.2. The third kappa shape index (κ3) is 1.40. The molecule has 17 heavy (non-hydrogen) atoms. The average Bonchev–Trinajstić information content (AvgIpc) is 2.58. The predicted molar refractivity (Wildman–Crippen MR) is 65.0 cm³/mol. The molecule has 1 fully saturated rings. The van der Waals surface area contributed by atoms with Crippen LogP contribution in [-0.4, -0.2) is 27.8 Å². The number of nitrogens with one attached hydrogen (secondary N) is 1. The molecule has 1 aromatic heterocycles. The van der Waals surface area contributed by atoms with Gasteiger partial charge >= 0.3 is 0 Å². The van der Waals surface area contributed by atoms with Gasteiger partial charge in [-0.3, -0.25) is 0 Å². The second-order valence-corrected chi connectivity index (χ2v) is 5.21. The van der Waals surface area contributed by atoms with Crippen LogP contribution in [0.2, 0.25) is 0 Å². The minimum atomic E-state index is 0.720. The zero-order valence-electron chi connectivity index (χ0n) is 9.82. The molecule has 1 aliphatic heterocycles. The van der Waals surface area contributed by atoms with Crippen molar-refractivity contribution < 1.29 is 0 Å². The standard InChI is InChI=1S/C13H16N4/c1-2-11(3-1)17-8-9-4-5-12-13(9)10(7-15-17)6-14-16-12/h6-7,11,15H,1-5,8H2. The Hall–Kier alpha value is -1.42. The Morgan fingerprint density at radius 1 is 1.29 bits per heavy atom.